The Morgan fingerprint density at radius 3 is 2.70 bits per heavy atom. The van der Waals surface area contributed by atoms with E-state index in [9.17, 15) is 23.1 Å². The number of benzene rings is 1. The van der Waals surface area contributed by atoms with Crippen LogP contribution in [0.3, 0.4) is 0 Å². The van der Waals surface area contributed by atoms with Gasteiger partial charge in [0.2, 0.25) is 0 Å². The Kier molecular flexibility index (Phi) is 5.27. The summed E-state index contributed by atoms with van der Waals surface area (Å²) < 4.78 is 23.9. The predicted octanol–water partition coefficient (Wildman–Crippen LogP) is 3.20. The van der Waals surface area contributed by atoms with Gasteiger partial charge >= 0.3 is 5.97 Å². The highest BCUT2D eigenvalue weighted by Gasteiger charge is 2.27. The van der Waals surface area contributed by atoms with E-state index < -0.39 is 15.8 Å². The van der Waals surface area contributed by atoms with E-state index in [-0.39, 0.29) is 17.2 Å². The topological polar surface area (TPSA) is 116 Å². The number of anilines is 1. The minimum Gasteiger partial charge on any atom is -0.481 e. The molecule has 0 bridgehead atoms. The number of hydrogen-bond acceptors (Lipinski definition) is 4. The Hall–Kier alpha value is -2.87. The van der Waals surface area contributed by atoms with Gasteiger partial charge in [-0.15, -0.1) is 0 Å². The Morgan fingerprint density at radius 1 is 1.20 bits per heavy atom. The molecule has 1 aliphatic heterocycles. The number of aryl methyl sites for hydroxylation is 1. The predicted molar refractivity (Wildman–Crippen MR) is 114 cm³/mol. The summed E-state index contributed by atoms with van der Waals surface area (Å²) in [6, 6.07) is 4.59. The maximum absolute atomic E-state index is 12.6. The van der Waals surface area contributed by atoms with Crippen molar-refractivity contribution in [2.24, 2.45) is 0 Å². The zero-order chi connectivity index (χ0) is 21.5. The molecule has 3 N–H and O–H groups in total. The first-order chi connectivity index (χ1) is 14.2. The Labute approximate surface area is 175 Å². The molecule has 2 heterocycles. The van der Waals surface area contributed by atoms with Gasteiger partial charge in [-0.3, -0.25) is 9.59 Å². The minimum atomic E-state index is -3.41. The van der Waals surface area contributed by atoms with Crippen LogP contribution in [0.1, 0.15) is 53.8 Å². The molecule has 1 aromatic heterocycles. The number of sulfone groups is 1. The molecule has 0 saturated heterocycles. The number of aromatic amines is 1. The molecule has 1 aliphatic carbocycles. The van der Waals surface area contributed by atoms with Crippen LogP contribution < -0.4 is 5.32 Å². The SMILES string of the molecule is CS(=O)(=O)c1ccc2c(c1)C(=Cc1[nH]c3c(c1CCC(=O)O)CCCCC3)C(=O)N2. The first-order valence-corrected chi connectivity index (χ1v) is 11.9. The molecule has 0 saturated carbocycles. The van der Waals surface area contributed by atoms with Gasteiger partial charge in [-0.25, -0.2) is 8.42 Å². The third-order valence-corrected chi connectivity index (χ3v) is 6.88. The van der Waals surface area contributed by atoms with Crippen molar-refractivity contribution in [2.45, 2.75) is 49.8 Å². The van der Waals surface area contributed by atoms with Crippen molar-refractivity contribution in [3.63, 3.8) is 0 Å². The smallest absolute Gasteiger partial charge is 0.303 e. The number of aliphatic carboxylic acids is 1. The van der Waals surface area contributed by atoms with Crippen molar-refractivity contribution >= 4 is 39.1 Å². The van der Waals surface area contributed by atoms with Gasteiger partial charge < -0.3 is 15.4 Å². The van der Waals surface area contributed by atoms with Gasteiger partial charge in [-0.1, -0.05) is 6.42 Å². The lowest BCUT2D eigenvalue weighted by atomic mass is 9.98. The number of carbonyl (C=O) groups is 2. The monoisotopic (exact) mass is 428 g/mol. The third kappa shape index (κ3) is 3.92. The summed E-state index contributed by atoms with van der Waals surface area (Å²) >= 11 is 0. The highest BCUT2D eigenvalue weighted by atomic mass is 32.2. The van der Waals surface area contributed by atoms with Crippen molar-refractivity contribution in [2.75, 3.05) is 11.6 Å². The molecule has 4 rings (SSSR count). The van der Waals surface area contributed by atoms with Gasteiger partial charge in [-0.2, -0.15) is 0 Å². The molecular formula is C22H24N2O5S. The quantitative estimate of drug-likeness (QED) is 0.500. The van der Waals surface area contributed by atoms with E-state index in [0.29, 0.717) is 23.2 Å². The fourth-order valence-electron chi connectivity index (χ4n) is 4.28. The van der Waals surface area contributed by atoms with Crippen LogP contribution in [0.4, 0.5) is 5.69 Å². The van der Waals surface area contributed by atoms with Crippen LogP contribution in [0, 0.1) is 0 Å². The number of nitrogens with one attached hydrogen (secondary N) is 2. The second kappa shape index (κ2) is 7.75. The van der Waals surface area contributed by atoms with Gasteiger partial charge in [0.15, 0.2) is 9.84 Å². The van der Waals surface area contributed by atoms with E-state index in [2.05, 4.69) is 10.3 Å². The zero-order valence-electron chi connectivity index (χ0n) is 16.7. The first-order valence-electron chi connectivity index (χ1n) is 10.1. The molecule has 1 aromatic carbocycles. The van der Waals surface area contributed by atoms with Crippen LogP contribution in [-0.4, -0.2) is 36.6 Å². The molecule has 1 amide bonds. The summed E-state index contributed by atoms with van der Waals surface area (Å²) in [5.74, 6) is -1.16. The molecule has 0 spiro atoms. The maximum Gasteiger partial charge on any atom is 0.303 e. The fraction of sp³-hybridized carbons (Fsp3) is 0.364. The molecular weight excluding hydrogens is 404 g/mol. The van der Waals surface area contributed by atoms with E-state index in [4.69, 9.17) is 0 Å². The summed E-state index contributed by atoms with van der Waals surface area (Å²) in [5.41, 5.74) is 5.46. The molecule has 0 unspecified atom stereocenters. The molecule has 0 atom stereocenters. The summed E-state index contributed by atoms with van der Waals surface area (Å²) in [6.45, 7) is 0. The molecule has 30 heavy (non-hydrogen) atoms. The van der Waals surface area contributed by atoms with Gasteiger partial charge in [0.05, 0.1) is 10.5 Å². The van der Waals surface area contributed by atoms with E-state index in [1.807, 2.05) is 0 Å². The van der Waals surface area contributed by atoms with Crippen LogP contribution >= 0.6 is 0 Å². The minimum absolute atomic E-state index is 0.0154. The number of aromatic nitrogens is 1. The maximum atomic E-state index is 12.6. The number of carboxylic acids is 1. The summed E-state index contributed by atoms with van der Waals surface area (Å²) in [7, 11) is -3.41. The van der Waals surface area contributed by atoms with Crippen LogP contribution in [0.25, 0.3) is 11.6 Å². The third-order valence-electron chi connectivity index (χ3n) is 5.77. The summed E-state index contributed by atoms with van der Waals surface area (Å²) in [6.07, 6.45) is 8.34. The van der Waals surface area contributed by atoms with Crippen molar-refractivity contribution in [3.8, 4) is 0 Å². The highest BCUT2D eigenvalue weighted by Crippen LogP contribution is 2.36. The lowest BCUT2D eigenvalue weighted by Gasteiger charge is -2.06. The van der Waals surface area contributed by atoms with Crippen molar-refractivity contribution in [1.82, 2.24) is 4.98 Å². The second-order valence-electron chi connectivity index (χ2n) is 7.92. The van der Waals surface area contributed by atoms with Crippen molar-refractivity contribution in [1.29, 1.82) is 0 Å². The number of carbonyl (C=O) groups excluding carboxylic acids is 1. The largest absolute Gasteiger partial charge is 0.481 e. The molecule has 2 aromatic rings. The second-order valence-corrected chi connectivity index (χ2v) is 9.94. The Morgan fingerprint density at radius 2 is 1.97 bits per heavy atom. The lowest BCUT2D eigenvalue weighted by Crippen LogP contribution is -2.04. The van der Waals surface area contributed by atoms with Crippen molar-refractivity contribution in [3.05, 3.63) is 46.3 Å². The number of hydrogen-bond donors (Lipinski definition) is 3. The zero-order valence-corrected chi connectivity index (χ0v) is 17.6. The Balaban J connectivity index is 1.82. The van der Waals surface area contributed by atoms with E-state index in [1.54, 1.807) is 12.1 Å². The fourth-order valence-corrected chi connectivity index (χ4v) is 4.93. The number of carboxylic acid groups (broad SMARTS) is 1. The van der Waals surface area contributed by atoms with Crippen LogP contribution in [0.5, 0.6) is 0 Å². The number of fused-ring (bicyclic) bond motifs is 2. The van der Waals surface area contributed by atoms with Gasteiger partial charge in [0.25, 0.3) is 5.91 Å². The first kappa shape index (κ1) is 20.4. The van der Waals surface area contributed by atoms with Crippen LogP contribution in [0.15, 0.2) is 23.1 Å². The van der Waals surface area contributed by atoms with E-state index >= 15 is 0 Å². The molecule has 7 nitrogen and oxygen atoms in total. The molecule has 0 fully saturated rings. The van der Waals surface area contributed by atoms with E-state index in [0.717, 1.165) is 55.3 Å². The average Bonchev–Trinajstić information content (AvgIpc) is 3.05. The molecule has 0 radical (unpaired) electrons. The summed E-state index contributed by atoms with van der Waals surface area (Å²) in [5, 5.41) is 12.0. The van der Waals surface area contributed by atoms with Crippen molar-refractivity contribution < 1.29 is 23.1 Å². The van der Waals surface area contributed by atoms with Gasteiger partial charge in [0.1, 0.15) is 0 Å². The summed E-state index contributed by atoms with van der Waals surface area (Å²) in [4.78, 5) is 27.4. The molecule has 8 heteroatoms. The Bertz CT molecular complexity index is 1170. The highest BCUT2D eigenvalue weighted by molar-refractivity contribution is 7.90. The average molecular weight is 429 g/mol. The normalized spacial score (nSPS) is 17.4. The number of amides is 1. The molecule has 2 aliphatic rings. The molecule has 158 valence electrons. The van der Waals surface area contributed by atoms with E-state index in [1.165, 1.54) is 17.7 Å². The van der Waals surface area contributed by atoms with Crippen LogP contribution in [-0.2, 0) is 38.7 Å². The van der Waals surface area contributed by atoms with Gasteiger partial charge in [0, 0.05) is 35.3 Å². The number of H-pyrrole nitrogens is 1. The van der Waals surface area contributed by atoms with Gasteiger partial charge in [-0.05, 0) is 67.5 Å². The van der Waals surface area contributed by atoms with Crippen LogP contribution in [0.2, 0.25) is 0 Å². The standard InChI is InChI=1S/C22H24N2O5S/c1-30(28,29)13-7-9-19-16(11-13)17(22(27)24-19)12-20-15(8-10-21(25)26)14-5-3-2-4-6-18(14)23-20/h7,9,11-12,23H,2-6,8,10H2,1H3,(H,24,27)(H,25,26). The number of rotatable bonds is 5. The lowest BCUT2D eigenvalue weighted by molar-refractivity contribution is -0.137.